The standard InChI is InChI=1S/C23H20ClN7/c1-31-22(10-13-28-31)30-23-27-12-9-21(29-23)17-6-7-20(18(14-17)15-25)26-11-8-16-4-2-3-5-19(16)24/h2-7,9-10,12-14,26H,8,11H2,1H3,(H,27,29,30). The molecule has 0 saturated carbocycles. The number of aryl methyl sites for hydroxylation is 1. The fraction of sp³-hybridized carbons (Fsp3) is 0.130. The zero-order valence-corrected chi connectivity index (χ0v) is 17.6. The van der Waals surface area contributed by atoms with Crippen molar-refractivity contribution in [2.24, 2.45) is 7.05 Å². The molecule has 0 aliphatic rings. The van der Waals surface area contributed by atoms with E-state index >= 15 is 0 Å². The molecule has 0 fully saturated rings. The summed E-state index contributed by atoms with van der Waals surface area (Å²) < 4.78 is 1.70. The minimum Gasteiger partial charge on any atom is -0.384 e. The summed E-state index contributed by atoms with van der Waals surface area (Å²) in [5, 5.41) is 21.0. The minimum absolute atomic E-state index is 0.460. The van der Waals surface area contributed by atoms with E-state index in [4.69, 9.17) is 11.6 Å². The first-order chi connectivity index (χ1) is 15.1. The van der Waals surface area contributed by atoms with Gasteiger partial charge in [0.2, 0.25) is 5.95 Å². The highest BCUT2D eigenvalue weighted by atomic mass is 35.5. The highest BCUT2D eigenvalue weighted by Crippen LogP contribution is 2.25. The van der Waals surface area contributed by atoms with Gasteiger partial charge in [-0.3, -0.25) is 4.68 Å². The van der Waals surface area contributed by atoms with Crippen molar-refractivity contribution < 1.29 is 0 Å². The predicted molar refractivity (Wildman–Crippen MR) is 122 cm³/mol. The first-order valence-corrected chi connectivity index (χ1v) is 10.1. The molecule has 4 rings (SSSR count). The van der Waals surface area contributed by atoms with Crippen LogP contribution in [0.3, 0.4) is 0 Å². The third kappa shape index (κ3) is 4.82. The van der Waals surface area contributed by atoms with Crippen molar-refractivity contribution in [2.45, 2.75) is 6.42 Å². The maximum absolute atomic E-state index is 9.64. The Labute approximate surface area is 185 Å². The van der Waals surface area contributed by atoms with Gasteiger partial charge >= 0.3 is 0 Å². The number of anilines is 3. The smallest absolute Gasteiger partial charge is 0.228 e. The summed E-state index contributed by atoms with van der Waals surface area (Å²) in [5.41, 5.74) is 3.96. The lowest BCUT2D eigenvalue weighted by molar-refractivity contribution is 0.775. The van der Waals surface area contributed by atoms with Gasteiger partial charge in [0.25, 0.3) is 0 Å². The Morgan fingerprint density at radius 1 is 1.10 bits per heavy atom. The molecule has 0 atom stereocenters. The Hall–Kier alpha value is -3.89. The summed E-state index contributed by atoms with van der Waals surface area (Å²) in [4.78, 5) is 8.83. The van der Waals surface area contributed by atoms with Crippen LogP contribution in [0.2, 0.25) is 5.02 Å². The molecule has 7 nitrogen and oxygen atoms in total. The molecule has 2 aromatic carbocycles. The van der Waals surface area contributed by atoms with Crippen molar-refractivity contribution in [1.82, 2.24) is 19.7 Å². The summed E-state index contributed by atoms with van der Waals surface area (Å²) in [7, 11) is 1.84. The van der Waals surface area contributed by atoms with Crippen molar-refractivity contribution in [3.8, 4) is 17.3 Å². The molecule has 0 aliphatic heterocycles. The predicted octanol–water partition coefficient (Wildman–Crippen LogP) is 4.80. The Bertz CT molecular complexity index is 1240. The molecule has 154 valence electrons. The van der Waals surface area contributed by atoms with E-state index in [2.05, 4.69) is 31.8 Å². The number of aromatic nitrogens is 4. The lowest BCUT2D eigenvalue weighted by Crippen LogP contribution is -2.07. The van der Waals surface area contributed by atoms with Gasteiger partial charge in [0.1, 0.15) is 11.9 Å². The lowest BCUT2D eigenvalue weighted by atomic mass is 10.1. The van der Waals surface area contributed by atoms with Gasteiger partial charge in [0.15, 0.2) is 0 Å². The van der Waals surface area contributed by atoms with E-state index in [9.17, 15) is 5.26 Å². The molecule has 0 spiro atoms. The summed E-state index contributed by atoms with van der Waals surface area (Å²) in [6.07, 6.45) is 4.15. The Morgan fingerprint density at radius 2 is 1.97 bits per heavy atom. The second-order valence-corrected chi connectivity index (χ2v) is 7.28. The fourth-order valence-corrected chi connectivity index (χ4v) is 3.40. The molecule has 8 heteroatoms. The van der Waals surface area contributed by atoms with E-state index in [-0.39, 0.29) is 0 Å². The van der Waals surface area contributed by atoms with E-state index in [1.165, 1.54) is 0 Å². The fourth-order valence-electron chi connectivity index (χ4n) is 3.17. The first-order valence-electron chi connectivity index (χ1n) is 9.74. The zero-order valence-electron chi connectivity index (χ0n) is 16.9. The quantitative estimate of drug-likeness (QED) is 0.438. The lowest BCUT2D eigenvalue weighted by Gasteiger charge is -2.11. The van der Waals surface area contributed by atoms with Gasteiger partial charge in [0, 0.05) is 36.4 Å². The van der Waals surface area contributed by atoms with Crippen LogP contribution >= 0.6 is 11.6 Å². The molecule has 0 bridgehead atoms. The summed E-state index contributed by atoms with van der Waals surface area (Å²) in [6.45, 7) is 0.671. The first kappa shape index (κ1) is 20.4. The van der Waals surface area contributed by atoms with E-state index in [1.54, 1.807) is 17.1 Å². The second kappa shape index (κ2) is 9.28. The molecule has 2 heterocycles. The van der Waals surface area contributed by atoms with Crippen LogP contribution in [0, 0.1) is 11.3 Å². The number of hydrogen-bond donors (Lipinski definition) is 2. The van der Waals surface area contributed by atoms with Crippen LogP contribution in [0.4, 0.5) is 17.5 Å². The minimum atomic E-state index is 0.460. The number of benzene rings is 2. The maximum Gasteiger partial charge on any atom is 0.228 e. The van der Waals surface area contributed by atoms with Crippen molar-refractivity contribution in [2.75, 3.05) is 17.2 Å². The molecule has 4 aromatic rings. The molecule has 0 radical (unpaired) electrons. The number of hydrogen-bond acceptors (Lipinski definition) is 6. The second-order valence-electron chi connectivity index (χ2n) is 6.87. The highest BCUT2D eigenvalue weighted by molar-refractivity contribution is 6.31. The number of nitrogens with zero attached hydrogens (tertiary/aromatic N) is 5. The van der Waals surface area contributed by atoms with Crippen molar-refractivity contribution in [1.29, 1.82) is 5.26 Å². The summed E-state index contributed by atoms with van der Waals surface area (Å²) in [5.74, 6) is 1.24. The highest BCUT2D eigenvalue weighted by Gasteiger charge is 2.09. The average molecular weight is 430 g/mol. The molecular weight excluding hydrogens is 410 g/mol. The van der Waals surface area contributed by atoms with Crippen LogP contribution in [0.25, 0.3) is 11.3 Å². The summed E-state index contributed by atoms with van der Waals surface area (Å²) in [6, 6.07) is 19.4. The van der Waals surface area contributed by atoms with Crippen molar-refractivity contribution in [3.05, 3.63) is 83.1 Å². The van der Waals surface area contributed by atoms with Crippen LogP contribution in [0.15, 0.2) is 67.0 Å². The van der Waals surface area contributed by atoms with E-state index in [0.717, 1.165) is 39.8 Å². The van der Waals surface area contributed by atoms with Crippen LogP contribution in [0.5, 0.6) is 0 Å². The van der Waals surface area contributed by atoms with Crippen molar-refractivity contribution >= 4 is 29.1 Å². The van der Waals surface area contributed by atoms with Crippen LogP contribution in [0.1, 0.15) is 11.1 Å². The number of halogens is 1. The molecule has 0 saturated heterocycles. The van der Waals surface area contributed by atoms with E-state index in [0.29, 0.717) is 18.1 Å². The van der Waals surface area contributed by atoms with Gasteiger partial charge in [-0.05, 0) is 36.2 Å². The van der Waals surface area contributed by atoms with Gasteiger partial charge < -0.3 is 10.6 Å². The molecule has 0 unspecified atom stereocenters. The number of rotatable bonds is 7. The van der Waals surface area contributed by atoms with Gasteiger partial charge in [-0.1, -0.05) is 35.9 Å². The van der Waals surface area contributed by atoms with Crippen LogP contribution in [-0.4, -0.2) is 26.3 Å². The molecule has 0 aliphatic carbocycles. The number of nitrogens with one attached hydrogen (secondary N) is 2. The SMILES string of the molecule is Cn1nccc1Nc1nccc(-c2ccc(NCCc3ccccc3Cl)c(C#N)c2)n1. The van der Waals surface area contributed by atoms with Gasteiger partial charge in [-0.15, -0.1) is 0 Å². The molecule has 2 N–H and O–H groups in total. The van der Waals surface area contributed by atoms with Gasteiger partial charge in [-0.25, -0.2) is 9.97 Å². The Kier molecular flexibility index (Phi) is 6.11. The zero-order chi connectivity index (χ0) is 21.6. The molecule has 31 heavy (non-hydrogen) atoms. The molecule has 0 amide bonds. The maximum atomic E-state index is 9.64. The topological polar surface area (TPSA) is 91.5 Å². The number of nitriles is 1. The van der Waals surface area contributed by atoms with E-state index < -0.39 is 0 Å². The Balaban J connectivity index is 1.49. The molecular formula is C23H20ClN7. The monoisotopic (exact) mass is 429 g/mol. The third-order valence-electron chi connectivity index (χ3n) is 4.82. The normalized spacial score (nSPS) is 10.5. The Morgan fingerprint density at radius 3 is 2.74 bits per heavy atom. The van der Waals surface area contributed by atoms with Crippen LogP contribution in [-0.2, 0) is 13.5 Å². The van der Waals surface area contributed by atoms with Gasteiger partial charge in [0.05, 0.1) is 23.1 Å². The third-order valence-corrected chi connectivity index (χ3v) is 5.19. The average Bonchev–Trinajstić information content (AvgIpc) is 3.19. The largest absolute Gasteiger partial charge is 0.384 e. The molecule has 2 aromatic heterocycles. The van der Waals surface area contributed by atoms with Gasteiger partial charge in [-0.2, -0.15) is 10.4 Å². The van der Waals surface area contributed by atoms with Crippen LogP contribution < -0.4 is 10.6 Å². The summed E-state index contributed by atoms with van der Waals surface area (Å²) >= 11 is 6.22. The van der Waals surface area contributed by atoms with Crippen molar-refractivity contribution in [3.63, 3.8) is 0 Å². The van der Waals surface area contributed by atoms with E-state index in [1.807, 2.05) is 61.6 Å².